The van der Waals surface area contributed by atoms with Gasteiger partial charge >= 0.3 is 0 Å². The van der Waals surface area contributed by atoms with Crippen molar-refractivity contribution in [3.63, 3.8) is 0 Å². The molecule has 3 rings (SSSR count). The lowest BCUT2D eigenvalue weighted by Crippen LogP contribution is -2.17. The van der Waals surface area contributed by atoms with E-state index in [1.54, 1.807) is 0 Å². The Kier molecular flexibility index (Phi) is 4.21. The fraction of sp³-hybridized carbons (Fsp3) is 0.733. The van der Waals surface area contributed by atoms with Crippen LogP contribution >= 0.6 is 11.6 Å². The Hall–Kier alpha value is -0.830. The minimum Gasteiger partial charge on any atom is -0.367 e. The summed E-state index contributed by atoms with van der Waals surface area (Å²) in [4.78, 5) is 9.16. The third-order valence-electron chi connectivity index (χ3n) is 4.39. The van der Waals surface area contributed by atoms with Gasteiger partial charge in [0.05, 0.1) is 0 Å². The molecule has 0 aromatic carbocycles. The zero-order valence-electron chi connectivity index (χ0n) is 11.4. The standard InChI is InChI=1S/C15H22ClN3/c16-13-10-14(17-12-8-4-5-9-12)19-15(18-13)11-6-2-1-3-7-11/h10-12H,1-9H2,(H,17,18,19). The van der Waals surface area contributed by atoms with Crippen LogP contribution in [-0.4, -0.2) is 16.0 Å². The number of rotatable bonds is 3. The normalized spacial score (nSPS) is 21.7. The number of hydrogen-bond donors (Lipinski definition) is 1. The molecule has 2 aliphatic rings. The molecule has 2 fully saturated rings. The number of nitrogens with zero attached hydrogens (tertiary/aromatic N) is 2. The van der Waals surface area contributed by atoms with E-state index in [0.29, 0.717) is 17.1 Å². The molecular weight excluding hydrogens is 258 g/mol. The smallest absolute Gasteiger partial charge is 0.135 e. The van der Waals surface area contributed by atoms with Gasteiger partial charge in [0.25, 0.3) is 0 Å². The molecule has 0 unspecified atom stereocenters. The fourth-order valence-electron chi connectivity index (χ4n) is 3.33. The molecule has 0 bridgehead atoms. The van der Waals surface area contributed by atoms with E-state index in [9.17, 15) is 0 Å². The maximum absolute atomic E-state index is 6.16. The van der Waals surface area contributed by atoms with E-state index in [1.807, 2.05) is 6.07 Å². The molecule has 1 aromatic rings. The van der Waals surface area contributed by atoms with Crippen LogP contribution in [-0.2, 0) is 0 Å². The van der Waals surface area contributed by atoms with Crippen molar-refractivity contribution >= 4 is 17.4 Å². The van der Waals surface area contributed by atoms with Crippen molar-refractivity contribution in [1.29, 1.82) is 0 Å². The summed E-state index contributed by atoms with van der Waals surface area (Å²) in [6.45, 7) is 0. The first-order valence-electron chi connectivity index (χ1n) is 7.62. The molecular formula is C15H22ClN3. The molecule has 0 saturated heterocycles. The summed E-state index contributed by atoms with van der Waals surface area (Å²) in [5.74, 6) is 2.39. The summed E-state index contributed by atoms with van der Waals surface area (Å²) >= 11 is 6.16. The molecule has 0 radical (unpaired) electrons. The van der Waals surface area contributed by atoms with Gasteiger partial charge in [-0.1, -0.05) is 43.7 Å². The van der Waals surface area contributed by atoms with Crippen molar-refractivity contribution in [1.82, 2.24) is 9.97 Å². The Morgan fingerprint density at radius 1 is 0.947 bits per heavy atom. The van der Waals surface area contributed by atoms with Crippen LogP contribution in [0.4, 0.5) is 5.82 Å². The van der Waals surface area contributed by atoms with Crippen LogP contribution in [0.15, 0.2) is 6.07 Å². The molecule has 2 saturated carbocycles. The minimum atomic E-state index is 0.511. The molecule has 0 spiro atoms. The van der Waals surface area contributed by atoms with E-state index in [2.05, 4.69) is 10.3 Å². The number of aromatic nitrogens is 2. The van der Waals surface area contributed by atoms with Gasteiger partial charge in [-0.15, -0.1) is 0 Å². The van der Waals surface area contributed by atoms with Crippen LogP contribution in [0.1, 0.15) is 69.5 Å². The van der Waals surface area contributed by atoms with E-state index in [1.165, 1.54) is 57.8 Å². The number of hydrogen-bond acceptors (Lipinski definition) is 3. The van der Waals surface area contributed by atoms with Crippen molar-refractivity contribution in [2.24, 2.45) is 0 Å². The molecule has 4 heteroatoms. The molecule has 0 aliphatic heterocycles. The average Bonchev–Trinajstić information content (AvgIpc) is 2.92. The summed E-state index contributed by atoms with van der Waals surface area (Å²) in [6, 6.07) is 2.44. The maximum Gasteiger partial charge on any atom is 0.135 e. The zero-order chi connectivity index (χ0) is 13.1. The first kappa shape index (κ1) is 13.2. The molecule has 104 valence electrons. The van der Waals surface area contributed by atoms with E-state index >= 15 is 0 Å². The monoisotopic (exact) mass is 279 g/mol. The second-order valence-corrected chi connectivity index (χ2v) is 6.28. The van der Waals surface area contributed by atoms with Gasteiger partial charge in [0, 0.05) is 18.0 Å². The van der Waals surface area contributed by atoms with Gasteiger partial charge in [0.1, 0.15) is 16.8 Å². The Bertz CT molecular complexity index is 423. The van der Waals surface area contributed by atoms with Gasteiger partial charge in [-0.25, -0.2) is 9.97 Å². The van der Waals surface area contributed by atoms with Crippen LogP contribution in [0.5, 0.6) is 0 Å². The highest BCUT2D eigenvalue weighted by Gasteiger charge is 2.20. The SMILES string of the molecule is Clc1cc(NC2CCCC2)nc(C2CCCCC2)n1. The highest BCUT2D eigenvalue weighted by molar-refractivity contribution is 6.29. The Morgan fingerprint density at radius 3 is 2.37 bits per heavy atom. The lowest BCUT2D eigenvalue weighted by atomic mass is 9.89. The maximum atomic E-state index is 6.16. The molecule has 19 heavy (non-hydrogen) atoms. The third kappa shape index (κ3) is 3.38. The molecule has 0 atom stereocenters. The van der Waals surface area contributed by atoms with Gasteiger partial charge in [-0.05, 0) is 25.7 Å². The van der Waals surface area contributed by atoms with Crippen LogP contribution in [0.3, 0.4) is 0 Å². The predicted molar refractivity (Wildman–Crippen MR) is 78.7 cm³/mol. The van der Waals surface area contributed by atoms with Crippen molar-refractivity contribution in [2.45, 2.75) is 69.7 Å². The quantitative estimate of drug-likeness (QED) is 0.826. The first-order chi connectivity index (χ1) is 9.31. The highest BCUT2D eigenvalue weighted by atomic mass is 35.5. The summed E-state index contributed by atoms with van der Waals surface area (Å²) in [7, 11) is 0. The topological polar surface area (TPSA) is 37.8 Å². The van der Waals surface area contributed by atoms with Gasteiger partial charge < -0.3 is 5.32 Å². The molecule has 1 N–H and O–H groups in total. The third-order valence-corrected chi connectivity index (χ3v) is 4.58. The largest absolute Gasteiger partial charge is 0.367 e. The first-order valence-corrected chi connectivity index (χ1v) is 8.00. The lowest BCUT2D eigenvalue weighted by Gasteiger charge is -2.21. The molecule has 3 nitrogen and oxygen atoms in total. The Labute approximate surface area is 120 Å². The molecule has 0 amide bonds. The van der Waals surface area contributed by atoms with Crippen molar-refractivity contribution in [3.05, 3.63) is 17.0 Å². The van der Waals surface area contributed by atoms with Crippen molar-refractivity contribution < 1.29 is 0 Å². The van der Waals surface area contributed by atoms with Crippen molar-refractivity contribution in [3.8, 4) is 0 Å². The van der Waals surface area contributed by atoms with Crippen molar-refractivity contribution in [2.75, 3.05) is 5.32 Å². The second-order valence-electron chi connectivity index (χ2n) is 5.89. The Balaban J connectivity index is 1.74. The fourth-order valence-corrected chi connectivity index (χ4v) is 3.52. The average molecular weight is 280 g/mol. The van der Waals surface area contributed by atoms with Crippen LogP contribution < -0.4 is 5.32 Å². The van der Waals surface area contributed by atoms with Gasteiger partial charge in [-0.3, -0.25) is 0 Å². The zero-order valence-corrected chi connectivity index (χ0v) is 12.1. The van der Waals surface area contributed by atoms with Gasteiger partial charge in [-0.2, -0.15) is 0 Å². The Morgan fingerprint density at radius 2 is 1.63 bits per heavy atom. The van der Waals surface area contributed by atoms with E-state index in [-0.39, 0.29) is 0 Å². The van der Waals surface area contributed by atoms with Crippen LogP contribution in [0.25, 0.3) is 0 Å². The number of halogens is 1. The van der Waals surface area contributed by atoms with E-state index in [4.69, 9.17) is 16.6 Å². The van der Waals surface area contributed by atoms with Gasteiger partial charge in [0.2, 0.25) is 0 Å². The summed E-state index contributed by atoms with van der Waals surface area (Å²) in [6.07, 6.45) is 11.5. The molecule has 1 heterocycles. The second kappa shape index (κ2) is 6.08. The lowest BCUT2D eigenvalue weighted by molar-refractivity contribution is 0.429. The van der Waals surface area contributed by atoms with E-state index in [0.717, 1.165) is 11.6 Å². The van der Waals surface area contributed by atoms with Crippen LogP contribution in [0, 0.1) is 0 Å². The van der Waals surface area contributed by atoms with E-state index < -0.39 is 0 Å². The summed E-state index contributed by atoms with van der Waals surface area (Å²) in [5.41, 5.74) is 0. The minimum absolute atomic E-state index is 0.511. The number of nitrogens with one attached hydrogen (secondary N) is 1. The molecule has 1 aromatic heterocycles. The summed E-state index contributed by atoms with van der Waals surface area (Å²) < 4.78 is 0. The van der Waals surface area contributed by atoms with Gasteiger partial charge in [0.15, 0.2) is 0 Å². The number of anilines is 1. The highest BCUT2D eigenvalue weighted by Crippen LogP contribution is 2.32. The predicted octanol–water partition coefficient (Wildman–Crippen LogP) is 4.53. The molecule has 2 aliphatic carbocycles. The van der Waals surface area contributed by atoms with Crippen LogP contribution in [0.2, 0.25) is 5.15 Å². The summed E-state index contributed by atoms with van der Waals surface area (Å²) in [5, 5.41) is 4.11.